The number of carbonyl (C=O) groups excluding carboxylic acids is 2. The molecule has 0 spiro atoms. The number of hydrogen-bond donors (Lipinski definition) is 0. The van der Waals surface area contributed by atoms with E-state index >= 15 is 0 Å². The fourth-order valence-corrected chi connectivity index (χ4v) is 11.0. The van der Waals surface area contributed by atoms with Crippen molar-refractivity contribution in [3.05, 3.63) is 35.3 Å². The molecule has 10 atom stereocenters. The number of esters is 1. The first kappa shape index (κ1) is 32.4. The summed E-state index contributed by atoms with van der Waals surface area (Å²) in [5.41, 5.74) is 2.46. The molecule has 1 aliphatic heterocycles. The number of carbonyl (C=O) groups is 2. The van der Waals surface area contributed by atoms with Crippen LogP contribution in [0.15, 0.2) is 29.6 Å². The summed E-state index contributed by atoms with van der Waals surface area (Å²) in [4.78, 5) is 38.9. The van der Waals surface area contributed by atoms with Crippen LogP contribution in [0.2, 0.25) is 0 Å². The topological polar surface area (TPSA) is 90.9 Å². The van der Waals surface area contributed by atoms with E-state index in [4.69, 9.17) is 14.2 Å². The summed E-state index contributed by atoms with van der Waals surface area (Å²) in [7, 11) is 7.32. The van der Waals surface area contributed by atoms with Crippen molar-refractivity contribution in [2.45, 2.75) is 91.8 Å². The van der Waals surface area contributed by atoms with Gasteiger partial charge in [0.1, 0.15) is 6.10 Å². The monoisotopic (exact) mass is 619 g/mol. The van der Waals surface area contributed by atoms with Gasteiger partial charge in [-0.2, -0.15) is 0 Å². The van der Waals surface area contributed by atoms with Crippen LogP contribution in [0.25, 0.3) is 5.57 Å². The van der Waals surface area contributed by atoms with Crippen LogP contribution < -0.4 is 4.74 Å². The number of cyclic esters (lactones) is 1. The third kappa shape index (κ3) is 4.83. The minimum atomic E-state index is -0.592. The number of nitrogens with zero attached hydrogens (tertiary/aromatic N) is 3. The smallest absolute Gasteiger partial charge is 0.335 e. The average molecular weight is 620 g/mol. The summed E-state index contributed by atoms with van der Waals surface area (Å²) in [5, 5.41) is 0. The van der Waals surface area contributed by atoms with Gasteiger partial charge in [-0.3, -0.25) is 4.79 Å². The molecule has 0 aromatic carbocycles. The van der Waals surface area contributed by atoms with Crippen LogP contribution in [-0.2, 0) is 19.1 Å². The lowest BCUT2D eigenvalue weighted by molar-refractivity contribution is -0.198. The molecule has 0 amide bonds. The quantitative estimate of drug-likeness (QED) is 0.335. The van der Waals surface area contributed by atoms with Gasteiger partial charge in [-0.1, -0.05) is 33.3 Å². The number of Topliss-reactive ketones (excluding diaryl/α,β-unsaturated/α-hetero) is 1. The van der Waals surface area contributed by atoms with Crippen molar-refractivity contribution < 1.29 is 23.8 Å². The van der Waals surface area contributed by atoms with Gasteiger partial charge in [-0.25, -0.2) is 14.8 Å². The van der Waals surface area contributed by atoms with Crippen LogP contribution in [0.4, 0.5) is 0 Å². The van der Waals surface area contributed by atoms with Gasteiger partial charge in [-0.15, -0.1) is 0 Å². The van der Waals surface area contributed by atoms with Crippen molar-refractivity contribution in [1.29, 1.82) is 0 Å². The number of ketones is 1. The van der Waals surface area contributed by atoms with E-state index in [9.17, 15) is 9.59 Å². The van der Waals surface area contributed by atoms with E-state index in [-0.39, 0.29) is 40.7 Å². The third-order valence-electron chi connectivity index (χ3n) is 13.7. The SMILES string of the molecule is COc1cnc(C2=CC(OC)C3(C)C(C)CC4C5CCC(CC6CC(C)=C(CN(C)C)C(=O)O6)C5(C)CCC4C3(C)C2=O)cn1. The summed E-state index contributed by atoms with van der Waals surface area (Å²) in [6.45, 7) is 12.1. The Hall–Kier alpha value is -2.58. The van der Waals surface area contributed by atoms with Crippen molar-refractivity contribution in [2.24, 2.45) is 45.8 Å². The fourth-order valence-electron chi connectivity index (χ4n) is 11.0. The van der Waals surface area contributed by atoms with Crippen LogP contribution in [0, 0.1) is 45.8 Å². The third-order valence-corrected chi connectivity index (χ3v) is 13.7. The maximum atomic E-state index is 14.9. The molecule has 246 valence electrons. The summed E-state index contributed by atoms with van der Waals surface area (Å²) in [5.74, 6) is 2.58. The highest BCUT2D eigenvalue weighted by atomic mass is 16.5. The minimum absolute atomic E-state index is 0.0477. The molecule has 8 heteroatoms. The van der Waals surface area contributed by atoms with E-state index in [0.29, 0.717) is 47.4 Å². The van der Waals surface area contributed by atoms with Gasteiger partial charge in [-0.05, 0) is 101 Å². The molecule has 2 heterocycles. The van der Waals surface area contributed by atoms with Crippen LogP contribution >= 0.6 is 0 Å². The summed E-state index contributed by atoms with van der Waals surface area (Å²) in [6.07, 6.45) is 12.3. The largest absolute Gasteiger partial charge is 0.480 e. The van der Waals surface area contributed by atoms with Gasteiger partial charge < -0.3 is 19.1 Å². The van der Waals surface area contributed by atoms with E-state index in [1.165, 1.54) is 12.0 Å². The number of fused-ring (bicyclic) bond motifs is 5. The molecule has 8 nitrogen and oxygen atoms in total. The summed E-state index contributed by atoms with van der Waals surface area (Å²) < 4.78 is 17.5. The predicted octanol–water partition coefficient (Wildman–Crippen LogP) is 6.16. The Kier molecular flexibility index (Phi) is 8.33. The second-order valence-corrected chi connectivity index (χ2v) is 15.8. The van der Waals surface area contributed by atoms with Crippen molar-refractivity contribution in [1.82, 2.24) is 14.9 Å². The second kappa shape index (κ2) is 11.6. The summed E-state index contributed by atoms with van der Waals surface area (Å²) in [6, 6.07) is 0. The number of allylic oxidation sites excluding steroid dienone is 1. The Morgan fingerprint density at radius 1 is 1.04 bits per heavy atom. The molecule has 45 heavy (non-hydrogen) atoms. The van der Waals surface area contributed by atoms with E-state index < -0.39 is 5.41 Å². The number of rotatable bonds is 7. The second-order valence-electron chi connectivity index (χ2n) is 15.8. The Morgan fingerprint density at radius 3 is 2.42 bits per heavy atom. The van der Waals surface area contributed by atoms with Crippen LogP contribution in [0.5, 0.6) is 5.88 Å². The van der Waals surface area contributed by atoms with E-state index in [0.717, 1.165) is 44.1 Å². The fraction of sp³-hybridized carbons (Fsp3) is 0.730. The first-order chi connectivity index (χ1) is 21.3. The maximum Gasteiger partial charge on any atom is 0.335 e. The van der Waals surface area contributed by atoms with Gasteiger partial charge in [0, 0.05) is 36.5 Å². The molecule has 0 bridgehead atoms. The zero-order chi connectivity index (χ0) is 32.5. The maximum absolute atomic E-state index is 14.9. The molecular formula is C37H53N3O5. The highest BCUT2D eigenvalue weighted by Crippen LogP contribution is 2.72. The minimum Gasteiger partial charge on any atom is -0.480 e. The Bertz CT molecular complexity index is 1400. The van der Waals surface area contributed by atoms with Gasteiger partial charge >= 0.3 is 5.97 Å². The van der Waals surface area contributed by atoms with Crippen LogP contribution in [-0.4, -0.2) is 73.7 Å². The van der Waals surface area contributed by atoms with Crippen molar-refractivity contribution in [3.63, 3.8) is 0 Å². The van der Waals surface area contributed by atoms with E-state index in [1.807, 2.05) is 25.1 Å². The van der Waals surface area contributed by atoms with Gasteiger partial charge in [0.15, 0.2) is 5.78 Å². The molecule has 0 N–H and O–H groups in total. The number of ether oxygens (including phenoxy) is 3. The molecule has 5 aliphatic rings. The molecule has 6 rings (SSSR count). The summed E-state index contributed by atoms with van der Waals surface area (Å²) >= 11 is 0. The molecule has 1 aromatic rings. The lowest BCUT2D eigenvalue weighted by Crippen LogP contribution is -2.66. The zero-order valence-electron chi connectivity index (χ0n) is 28.8. The normalized spacial score (nSPS) is 41.3. The molecule has 0 saturated heterocycles. The number of aromatic nitrogens is 2. The number of likely N-dealkylation sites (N-methyl/N-ethyl adjacent to an activating group) is 1. The zero-order valence-corrected chi connectivity index (χ0v) is 28.8. The Balaban J connectivity index is 1.28. The van der Waals surface area contributed by atoms with E-state index in [2.05, 4.69) is 44.6 Å². The first-order valence-corrected chi connectivity index (χ1v) is 17.0. The van der Waals surface area contributed by atoms with Gasteiger partial charge in [0.05, 0.1) is 36.9 Å². The Morgan fingerprint density at radius 2 is 1.80 bits per heavy atom. The van der Waals surface area contributed by atoms with Gasteiger partial charge in [0.2, 0.25) is 5.88 Å². The van der Waals surface area contributed by atoms with E-state index in [1.54, 1.807) is 26.6 Å². The van der Waals surface area contributed by atoms with Crippen molar-refractivity contribution in [3.8, 4) is 5.88 Å². The van der Waals surface area contributed by atoms with Crippen molar-refractivity contribution in [2.75, 3.05) is 34.9 Å². The number of hydrogen-bond acceptors (Lipinski definition) is 8. The van der Waals surface area contributed by atoms with Crippen LogP contribution in [0.1, 0.15) is 85.3 Å². The molecule has 10 unspecified atom stereocenters. The molecular weight excluding hydrogens is 566 g/mol. The molecule has 3 fully saturated rings. The van der Waals surface area contributed by atoms with Gasteiger partial charge in [0.25, 0.3) is 0 Å². The lowest BCUT2D eigenvalue weighted by atomic mass is 9.37. The Labute approximate surface area is 269 Å². The highest BCUT2D eigenvalue weighted by molar-refractivity contribution is 6.24. The van der Waals surface area contributed by atoms with Crippen molar-refractivity contribution >= 4 is 17.3 Å². The molecule has 3 saturated carbocycles. The standard InChI is InChI=1S/C37H53N3O5/c1-21-14-24(45-34(42)27(21)20-40(6)7)16-23-10-11-28-25-15-22(2)36(4)31(43-8)17-26(30-18-39-32(44-9)19-38-30)33(41)37(36,5)29(25)12-13-35(23,28)3/h17-19,22-25,28-29,31H,10-16,20H2,1-9H3. The first-order valence-electron chi connectivity index (χ1n) is 17.0. The predicted molar refractivity (Wildman–Crippen MR) is 173 cm³/mol. The molecule has 1 aromatic heterocycles. The average Bonchev–Trinajstić information content (AvgIpc) is 3.33. The molecule has 0 radical (unpaired) electrons. The van der Waals surface area contributed by atoms with Crippen LogP contribution in [0.3, 0.4) is 0 Å². The molecule has 4 aliphatic carbocycles. The number of methoxy groups -OCH3 is 2. The highest BCUT2D eigenvalue weighted by Gasteiger charge is 2.70. The lowest BCUT2D eigenvalue weighted by Gasteiger charge is -2.66.